The number of rotatable bonds is 5. The maximum absolute atomic E-state index is 13.7. The van der Waals surface area contributed by atoms with E-state index in [0.29, 0.717) is 17.4 Å². The molecule has 3 aliphatic carbocycles. The van der Waals surface area contributed by atoms with Crippen molar-refractivity contribution in [3.63, 3.8) is 0 Å². The van der Waals surface area contributed by atoms with Gasteiger partial charge in [0.15, 0.2) is 5.78 Å². The van der Waals surface area contributed by atoms with Crippen LogP contribution in [0.4, 0.5) is 5.95 Å². The highest BCUT2D eigenvalue weighted by atomic mass is 16.5. The van der Waals surface area contributed by atoms with Crippen LogP contribution in [0.2, 0.25) is 0 Å². The van der Waals surface area contributed by atoms with E-state index in [1.54, 1.807) is 0 Å². The lowest BCUT2D eigenvalue weighted by atomic mass is 9.59. The lowest BCUT2D eigenvalue weighted by molar-refractivity contribution is -0.149. The average Bonchev–Trinajstić information content (AvgIpc) is 2.86. The van der Waals surface area contributed by atoms with Gasteiger partial charge in [0, 0.05) is 29.1 Å². The maximum Gasteiger partial charge on any atom is 0.308 e. The Balaban J connectivity index is 1.27. The number of benzene rings is 1. The molecule has 1 aromatic heterocycles. The molecule has 1 heterocycles. The topological polar surface area (TPSA) is 81.2 Å². The Morgan fingerprint density at radius 2 is 1.69 bits per heavy atom. The molecule has 2 unspecified atom stereocenters. The number of aromatic nitrogens is 2. The number of hydrogen-bond donors (Lipinski definition) is 1. The Morgan fingerprint density at radius 1 is 1.00 bits per heavy atom. The molecule has 0 saturated heterocycles. The van der Waals surface area contributed by atoms with Crippen molar-refractivity contribution in [1.82, 2.24) is 9.97 Å². The molecule has 3 saturated carbocycles. The average molecular weight is 492 g/mol. The standard InChI is InChI=1S/C30H41N3O3/c1-30(2,3)23-9-11-24(12-10-23)32-29-31-17-22-16-20(8-13-25(22)33-29)27(34)26-18-6-5-7-19(26)15-21(14-18)28(35)36-4/h8,13,16-19,21,23-24,26H,5-7,9-12,14-15H2,1-4H3,(H,31,32,33)/t18?,19?,21?,23-,24-,26?. The molecule has 36 heavy (non-hydrogen) atoms. The Hall–Kier alpha value is -2.50. The van der Waals surface area contributed by atoms with Crippen molar-refractivity contribution in [2.45, 2.75) is 84.6 Å². The second-order valence-corrected chi connectivity index (χ2v) is 12.6. The first-order valence-corrected chi connectivity index (χ1v) is 13.9. The van der Waals surface area contributed by atoms with Gasteiger partial charge in [-0.25, -0.2) is 9.97 Å². The molecule has 2 atom stereocenters. The third-order valence-electron chi connectivity index (χ3n) is 9.33. The zero-order valence-corrected chi connectivity index (χ0v) is 22.3. The summed E-state index contributed by atoms with van der Waals surface area (Å²) in [5, 5.41) is 4.45. The van der Waals surface area contributed by atoms with E-state index < -0.39 is 0 Å². The fourth-order valence-electron chi connectivity index (χ4n) is 7.26. The minimum Gasteiger partial charge on any atom is -0.469 e. The van der Waals surface area contributed by atoms with Gasteiger partial charge in [-0.15, -0.1) is 0 Å². The Bertz CT molecular complexity index is 1100. The number of methoxy groups -OCH3 is 1. The predicted molar refractivity (Wildman–Crippen MR) is 142 cm³/mol. The van der Waals surface area contributed by atoms with Crippen molar-refractivity contribution < 1.29 is 14.3 Å². The molecule has 1 N–H and O–H groups in total. The van der Waals surface area contributed by atoms with E-state index in [1.165, 1.54) is 20.0 Å². The maximum atomic E-state index is 13.7. The van der Waals surface area contributed by atoms with Crippen LogP contribution in [0, 0.1) is 35.0 Å². The van der Waals surface area contributed by atoms with E-state index in [9.17, 15) is 9.59 Å². The van der Waals surface area contributed by atoms with Crippen LogP contribution in [0.3, 0.4) is 0 Å². The Labute approximate surface area is 215 Å². The summed E-state index contributed by atoms with van der Waals surface area (Å²) in [5.41, 5.74) is 1.98. The molecular weight excluding hydrogens is 450 g/mol. The van der Waals surface area contributed by atoms with Crippen LogP contribution in [0.5, 0.6) is 0 Å². The van der Waals surface area contributed by atoms with Gasteiger partial charge < -0.3 is 10.1 Å². The van der Waals surface area contributed by atoms with Gasteiger partial charge in [-0.2, -0.15) is 0 Å². The number of anilines is 1. The predicted octanol–water partition coefficient (Wildman–Crippen LogP) is 6.44. The highest BCUT2D eigenvalue weighted by Gasteiger charge is 2.46. The lowest BCUT2D eigenvalue weighted by Crippen LogP contribution is -2.42. The summed E-state index contributed by atoms with van der Waals surface area (Å²) in [6.45, 7) is 7.03. The first kappa shape index (κ1) is 25.2. The van der Waals surface area contributed by atoms with Crippen LogP contribution in [0.1, 0.15) is 88.9 Å². The molecule has 2 aromatic rings. The van der Waals surface area contributed by atoms with E-state index in [1.807, 2.05) is 24.4 Å². The molecule has 0 radical (unpaired) electrons. The molecule has 1 aromatic carbocycles. The first-order valence-electron chi connectivity index (χ1n) is 13.9. The van der Waals surface area contributed by atoms with Gasteiger partial charge in [0.25, 0.3) is 0 Å². The number of carbonyl (C=O) groups excluding carboxylic acids is 2. The number of fused-ring (bicyclic) bond motifs is 3. The molecule has 0 aliphatic heterocycles. The van der Waals surface area contributed by atoms with Crippen LogP contribution >= 0.6 is 0 Å². The van der Waals surface area contributed by atoms with Crippen LogP contribution in [-0.2, 0) is 9.53 Å². The number of hydrogen-bond acceptors (Lipinski definition) is 6. The summed E-state index contributed by atoms with van der Waals surface area (Å²) in [5.74, 6) is 2.02. The summed E-state index contributed by atoms with van der Waals surface area (Å²) >= 11 is 0. The van der Waals surface area contributed by atoms with Crippen molar-refractivity contribution in [3.8, 4) is 0 Å². The second-order valence-electron chi connectivity index (χ2n) is 12.6. The summed E-state index contributed by atoms with van der Waals surface area (Å²) in [6, 6.07) is 6.26. The molecule has 6 nitrogen and oxygen atoms in total. The third kappa shape index (κ3) is 5.14. The van der Waals surface area contributed by atoms with Crippen LogP contribution in [0.15, 0.2) is 24.4 Å². The van der Waals surface area contributed by atoms with Crippen LogP contribution < -0.4 is 5.32 Å². The SMILES string of the molecule is COC(=O)C1CC2CCCC(C1)C2C(=O)c1ccc2nc(N[C@H]3CC[C@H](C(C)(C)C)CC3)ncc2c1. The lowest BCUT2D eigenvalue weighted by Gasteiger charge is -2.44. The number of ether oxygens (including phenoxy) is 1. The highest BCUT2D eigenvalue weighted by Crippen LogP contribution is 2.48. The van der Waals surface area contributed by atoms with Crippen molar-refractivity contribution in [3.05, 3.63) is 30.0 Å². The molecule has 5 rings (SSSR count). The van der Waals surface area contributed by atoms with Crippen molar-refractivity contribution in [2.75, 3.05) is 12.4 Å². The van der Waals surface area contributed by atoms with Crippen molar-refractivity contribution in [1.29, 1.82) is 0 Å². The van der Waals surface area contributed by atoms with E-state index in [-0.39, 0.29) is 35.4 Å². The minimum absolute atomic E-state index is 0.00203. The Kier molecular flexibility index (Phi) is 7.06. The number of esters is 1. The van der Waals surface area contributed by atoms with Gasteiger partial charge in [-0.05, 0) is 92.7 Å². The van der Waals surface area contributed by atoms with Gasteiger partial charge in [0.05, 0.1) is 18.5 Å². The molecular formula is C30H41N3O3. The molecule has 0 spiro atoms. The number of ketones is 1. The Morgan fingerprint density at radius 3 is 2.33 bits per heavy atom. The van der Waals surface area contributed by atoms with Crippen LogP contribution in [-0.4, -0.2) is 34.9 Å². The summed E-state index contributed by atoms with van der Waals surface area (Å²) in [6.07, 6.45) is 11.3. The molecule has 6 heteroatoms. The number of Topliss-reactive ketones (excluding diaryl/α,β-unsaturated/α-hetero) is 1. The fourth-order valence-corrected chi connectivity index (χ4v) is 7.26. The van der Waals surface area contributed by atoms with Crippen LogP contribution in [0.25, 0.3) is 10.9 Å². The molecule has 3 aliphatic rings. The molecule has 194 valence electrons. The number of carbonyl (C=O) groups is 2. The normalized spacial score (nSPS) is 30.6. The summed E-state index contributed by atoms with van der Waals surface area (Å²) in [7, 11) is 1.46. The largest absolute Gasteiger partial charge is 0.469 e. The summed E-state index contributed by atoms with van der Waals surface area (Å²) in [4.78, 5) is 35.2. The molecule has 0 amide bonds. The number of nitrogens with one attached hydrogen (secondary N) is 1. The van der Waals surface area contributed by atoms with Crippen molar-refractivity contribution >= 4 is 28.6 Å². The van der Waals surface area contributed by atoms with Gasteiger partial charge in [0.2, 0.25) is 5.95 Å². The fraction of sp³-hybridized carbons (Fsp3) is 0.667. The van der Waals surface area contributed by atoms with E-state index in [0.717, 1.165) is 67.3 Å². The molecule has 3 fully saturated rings. The van der Waals surface area contributed by atoms with E-state index in [2.05, 4.69) is 31.1 Å². The quantitative estimate of drug-likeness (QED) is 0.383. The third-order valence-corrected chi connectivity index (χ3v) is 9.33. The zero-order chi connectivity index (χ0) is 25.4. The minimum atomic E-state index is -0.118. The van der Waals surface area contributed by atoms with E-state index >= 15 is 0 Å². The first-order chi connectivity index (χ1) is 17.2. The van der Waals surface area contributed by atoms with Gasteiger partial charge in [-0.1, -0.05) is 27.2 Å². The summed E-state index contributed by atoms with van der Waals surface area (Å²) < 4.78 is 5.02. The van der Waals surface area contributed by atoms with Gasteiger partial charge in [0.1, 0.15) is 0 Å². The number of nitrogens with zero attached hydrogens (tertiary/aromatic N) is 2. The smallest absolute Gasteiger partial charge is 0.308 e. The van der Waals surface area contributed by atoms with Gasteiger partial charge in [-0.3, -0.25) is 9.59 Å². The monoisotopic (exact) mass is 491 g/mol. The zero-order valence-electron chi connectivity index (χ0n) is 22.3. The second kappa shape index (κ2) is 10.1. The van der Waals surface area contributed by atoms with E-state index in [4.69, 9.17) is 9.72 Å². The van der Waals surface area contributed by atoms with Gasteiger partial charge >= 0.3 is 5.97 Å². The highest BCUT2D eigenvalue weighted by molar-refractivity contribution is 6.01. The molecule has 2 bridgehead atoms. The van der Waals surface area contributed by atoms with Crippen molar-refractivity contribution in [2.24, 2.45) is 35.0 Å².